The molecular formula is C13H17BrN2O2. The Morgan fingerprint density at radius 3 is 2.83 bits per heavy atom. The molecule has 1 aliphatic rings. The van der Waals surface area contributed by atoms with Crippen LogP contribution in [0.1, 0.15) is 12.5 Å². The van der Waals surface area contributed by atoms with Crippen LogP contribution in [-0.2, 0) is 16.1 Å². The van der Waals surface area contributed by atoms with Crippen molar-refractivity contribution >= 4 is 21.8 Å². The van der Waals surface area contributed by atoms with Crippen LogP contribution in [0.2, 0.25) is 0 Å². The summed E-state index contributed by atoms with van der Waals surface area (Å²) in [5.41, 5.74) is 0.882. The van der Waals surface area contributed by atoms with Crippen molar-refractivity contribution in [1.29, 1.82) is 0 Å². The van der Waals surface area contributed by atoms with Crippen molar-refractivity contribution in [1.82, 2.24) is 10.6 Å². The van der Waals surface area contributed by atoms with E-state index in [2.05, 4.69) is 26.6 Å². The highest BCUT2D eigenvalue weighted by Crippen LogP contribution is 2.16. The highest BCUT2D eigenvalue weighted by atomic mass is 79.9. The molecule has 98 valence electrons. The molecule has 0 bridgehead atoms. The molecule has 1 aromatic carbocycles. The lowest BCUT2D eigenvalue weighted by atomic mass is 10.0. The summed E-state index contributed by atoms with van der Waals surface area (Å²) >= 11 is 3.45. The van der Waals surface area contributed by atoms with Crippen LogP contribution in [-0.4, -0.2) is 31.2 Å². The summed E-state index contributed by atoms with van der Waals surface area (Å²) in [6.07, 6.45) is 0. The summed E-state index contributed by atoms with van der Waals surface area (Å²) in [4.78, 5) is 11.6. The summed E-state index contributed by atoms with van der Waals surface area (Å²) in [6, 6.07) is 7.83. The van der Waals surface area contributed by atoms with Gasteiger partial charge in [0.1, 0.15) is 6.61 Å². The van der Waals surface area contributed by atoms with Crippen LogP contribution in [0.5, 0.6) is 0 Å². The lowest BCUT2D eigenvalue weighted by Crippen LogP contribution is -2.59. The maximum absolute atomic E-state index is 11.6. The number of rotatable bonds is 5. The normalized spacial score (nSPS) is 17.0. The Hall–Kier alpha value is -0.910. The largest absolute Gasteiger partial charge is 0.363 e. The van der Waals surface area contributed by atoms with Gasteiger partial charge in [-0.1, -0.05) is 34.1 Å². The van der Waals surface area contributed by atoms with Gasteiger partial charge in [-0.05, 0) is 18.6 Å². The van der Waals surface area contributed by atoms with E-state index in [9.17, 15) is 4.79 Å². The Kier molecular flexibility index (Phi) is 4.37. The Labute approximate surface area is 115 Å². The fourth-order valence-corrected chi connectivity index (χ4v) is 2.13. The first-order valence-corrected chi connectivity index (χ1v) is 6.73. The first-order valence-electron chi connectivity index (χ1n) is 5.94. The molecule has 4 nitrogen and oxygen atoms in total. The van der Waals surface area contributed by atoms with Crippen LogP contribution < -0.4 is 10.6 Å². The molecule has 0 radical (unpaired) electrons. The van der Waals surface area contributed by atoms with Gasteiger partial charge >= 0.3 is 0 Å². The van der Waals surface area contributed by atoms with E-state index in [-0.39, 0.29) is 18.1 Å². The molecular weight excluding hydrogens is 296 g/mol. The third kappa shape index (κ3) is 3.54. The molecule has 1 aliphatic heterocycles. The average molecular weight is 313 g/mol. The van der Waals surface area contributed by atoms with Crippen LogP contribution in [0.15, 0.2) is 28.7 Å². The molecule has 2 N–H and O–H groups in total. The Bertz CT molecular complexity index is 433. The lowest BCUT2D eigenvalue weighted by Gasteiger charge is -2.38. The van der Waals surface area contributed by atoms with Gasteiger partial charge in [0, 0.05) is 24.1 Å². The Morgan fingerprint density at radius 2 is 2.22 bits per heavy atom. The number of carbonyl (C=O) groups excluding carboxylic acids is 1. The first-order chi connectivity index (χ1) is 8.59. The van der Waals surface area contributed by atoms with Crippen LogP contribution in [0.3, 0.4) is 0 Å². The molecule has 0 unspecified atom stereocenters. The zero-order valence-corrected chi connectivity index (χ0v) is 11.9. The Balaban J connectivity index is 1.73. The van der Waals surface area contributed by atoms with Crippen molar-refractivity contribution in [3.05, 3.63) is 34.3 Å². The van der Waals surface area contributed by atoms with E-state index in [1.807, 2.05) is 31.2 Å². The van der Waals surface area contributed by atoms with Gasteiger partial charge in [0.05, 0.1) is 5.60 Å². The van der Waals surface area contributed by atoms with E-state index in [0.29, 0.717) is 6.54 Å². The lowest BCUT2D eigenvalue weighted by molar-refractivity contribution is -0.136. The standard InChI is InChI=1S/C13H17BrN2O2/c1-13(8-15-9-13)18-7-12(17)16-6-10-4-2-3-5-11(10)14/h2-5,15H,6-9H2,1H3,(H,16,17). The van der Waals surface area contributed by atoms with Gasteiger partial charge in [-0.25, -0.2) is 0 Å². The van der Waals surface area contributed by atoms with Crippen molar-refractivity contribution in [2.24, 2.45) is 0 Å². The minimum Gasteiger partial charge on any atom is -0.363 e. The molecule has 5 heteroatoms. The van der Waals surface area contributed by atoms with Crippen molar-refractivity contribution in [3.63, 3.8) is 0 Å². The fraction of sp³-hybridized carbons (Fsp3) is 0.462. The molecule has 1 heterocycles. The first kappa shape index (κ1) is 13.5. The summed E-state index contributed by atoms with van der Waals surface area (Å²) in [5, 5.41) is 5.97. The molecule has 0 spiro atoms. The predicted octanol–water partition coefficient (Wildman–Crippen LogP) is 1.44. The molecule has 1 saturated heterocycles. The number of hydrogen-bond donors (Lipinski definition) is 2. The van der Waals surface area contributed by atoms with Crippen molar-refractivity contribution in [2.45, 2.75) is 19.1 Å². The second-order valence-corrected chi connectivity index (χ2v) is 5.56. The molecule has 1 aromatic rings. The van der Waals surface area contributed by atoms with Gasteiger partial charge in [0.15, 0.2) is 0 Å². The van der Waals surface area contributed by atoms with Gasteiger partial charge in [-0.2, -0.15) is 0 Å². The zero-order valence-electron chi connectivity index (χ0n) is 10.3. The van der Waals surface area contributed by atoms with Crippen LogP contribution in [0, 0.1) is 0 Å². The average Bonchev–Trinajstić information content (AvgIpc) is 2.33. The number of nitrogens with one attached hydrogen (secondary N) is 2. The zero-order chi connectivity index (χ0) is 13.0. The Morgan fingerprint density at radius 1 is 1.50 bits per heavy atom. The number of amides is 1. The van der Waals surface area contributed by atoms with Crippen molar-refractivity contribution < 1.29 is 9.53 Å². The molecule has 0 atom stereocenters. The third-order valence-electron chi connectivity index (χ3n) is 2.98. The minimum absolute atomic E-state index is 0.0844. The maximum Gasteiger partial charge on any atom is 0.246 e. The highest BCUT2D eigenvalue weighted by molar-refractivity contribution is 9.10. The second kappa shape index (κ2) is 5.82. The molecule has 0 aliphatic carbocycles. The molecule has 1 amide bonds. The quantitative estimate of drug-likeness (QED) is 0.865. The summed E-state index contributed by atoms with van der Waals surface area (Å²) < 4.78 is 6.56. The fourth-order valence-electron chi connectivity index (χ4n) is 1.71. The molecule has 0 saturated carbocycles. The predicted molar refractivity (Wildman–Crippen MR) is 73.2 cm³/mol. The second-order valence-electron chi connectivity index (χ2n) is 4.71. The molecule has 2 rings (SSSR count). The van der Waals surface area contributed by atoms with Gasteiger partial charge < -0.3 is 15.4 Å². The summed E-state index contributed by atoms with van der Waals surface area (Å²) in [7, 11) is 0. The number of benzene rings is 1. The number of hydrogen-bond acceptors (Lipinski definition) is 3. The van der Waals surface area contributed by atoms with E-state index in [0.717, 1.165) is 23.1 Å². The minimum atomic E-state index is -0.176. The van der Waals surface area contributed by atoms with Gasteiger partial charge in [0.25, 0.3) is 0 Å². The number of ether oxygens (including phenoxy) is 1. The molecule has 18 heavy (non-hydrogen) atoms. The summed E-state index contributed by atoms with van der Waals surface area (Å²) in [5.74, 6) is -0.0844. The highest BCUT2D eigenvalue weighted by Gasteiger charge is 2.32. The summed E-state index contributed by atoms with van der Waals surface area (Å²) in [6.45, 7) is 4.25. The molecule has 1 fully saturated rings. The van der Waals surface area contributed by atoms with E-state index in [1.54, 1.807) is 0 Å². The van der Waals surface area contributed by atoms with E-state index < -0.39 is 0 Å². The van der Waals surface area contributed by atoms with Crippen LogP contribution in [0.25, 0.3) is 0 Å². The van der Waals surface area contributed by atoms with E-state index in [4.69, 9.17) is 4.74 Å². The van der Waals surface area contributed by atoms with Gasteiger partial charge in [0.2, 0.25) is 5.91 Å². The smallest absolute Gasteiger partial charge is 0.246 e. The topological polar surface area (TPSA) is 50.4 Å². The SMILES string of the molecule is CC1(OCC(=O)NCc2ccccc2Br)CNC1. The monoisotopic (exact) mass is 312 g/mol. The van der Waals surface area contributed by atoms with Crippen LogP contribution in [0.4, 0.5) is 0 Å². The van der Waals surface area contributed by atoms with Gasteiger partial charge in [-0.3, -0.25) is 4.79 Å². The third-order valence-corrected chi connectivity index (χ3v) is 3.76. The van der Waals surface area contributed by atoms with Crippen molar-refractivity contribution in [2.75, 3.05) is 19.7 Å². The maximum atomic E-state index is 11.6. The van der Waals surface area contributed by atoms with Crippen molar-refractivity contribution in [3.8, 4) is 0 Å². The van der Waals surface area contributed by atoms with E-state index in [1.165, 1.54) is 0 Å². The van der Waals surface area contributed by atoms with Crippen LogP contribution >= 0.6 is 15.9 Å². The van der Waals surface area contributed by atoms with Gasteiger partial charge in [-0.15, -0.1) is 0 Å². The number of carbonyl (C=O) groups is 1. The van der Waals surface area contributed by atoms with E-state index >= 15 is 0 Å². The number of halogens is 1. The molecule has 0 aromatic heterocycles.